The summed E-state index contributed by atoms with van der Waals surface area (Å²) in [6.07, 6.45) is 1.97. The maximum Gasteiger partial charge on any atom is 0.249 e. The van der Waals surface area contributed by atoms with E-state index in [9.17, 15) is 4.79 Å². The second-order valence-electron chi connectivity index (χ2n) is 7.78. The molecule has 0 aliphatic carbocycles. The van der Waals surface area contributed by atoms with Gasteiger partial charge >= 0.3 is 0 Å². The van der Waals surface area contributed by atoms with Crippen molar-refractivity contribution in [2.45, 2.75) is 31.4 Å². The van der Waals surface area contributed by atoms with Gasteiger partial charge in [0.15, 0.2) is 5.78 Å². The molecule has 0 unspecified atom stereocenters. The maximum absolute atomic E-state index is 12.7. The number of halogens is 2. The summed E-state index contributed by atoms with van der Waals surface area (Å²) >= 11 is 9.68. The molecular weight excluding hydrogens is 470 g/mol. The Labute approximate surface area is 187 Å². The van der Waals surface area contributed by atoms with Gasteiger partial charge in [-0.3, -0.25) is 9.69 Å². The van der Waals surface area contributed by atoms with E-state index in [-0.39, 0.29) is 5.78 Å². The Hall–Kier alpha value is -2.22. The van der Waals surface area contributed by atoms with E-state index in [0.29, 0.717) is 41.1 Å². The summed E-state index contributed by atoms with van der Waals surface area (Å²) in [5.41, 5.74) is 0.970. The van der Waals surface area contributed by atoms with Crippen molar-refractivity contribution in [1.82, 2.24) is 15.1 Å². The van der Waals surface area contributed by atoms with E-state index < -0.39 is 5.60 Å². The van der Waals surface area contributed by atoms with Crippen molar-refractivity contribution < 1.29 is 13.9 Å². The van der Waals surface area contributed by atoms with Gasteiger partial charge in [-0.2, -0.15) is 0 Å². The lowest BCUT2D eigenvalue weighted by molar-refractivity contribution is -0.0123. The van der Waals surface area contributed by atoms with Gasteiger partial charge in [0.25, 0.3) is 0 Å². The van der Waals surface area contributed by atoms with Crippen LogP contribution < -0.4 is 4.74 Å². The number of hydrogen-bond acceptors (Lipinski definition) is 6. The second-order valence-corrected chi connectivity index (χ2v) is 9.11. The van der Waals surface area contributed by atoms with Crippen molar-refractivity contribution >= 4 is 33.3 Å². The predicted molar refractivity (Wildman–Crippen MR) is 116 cm³/mol. The van der Waals surface area contributed by atoms with Crippen LogP contribution in [0.5, 0.6) is 5.75 Å². The fourth-order valence-electron chi connectivity index (χ4n) is 4.12. The molecule has 0 radical (unpaired) electrons. The third kappa shape index (κ3) is 3.77. The number of nitrogens with zero attached hydrogens (tertiary/aromatic N) is 3. The zero-order chi connectivity index (χ0) is 20.7. The molecule has 0 saturated carbocycles. The number of ketones is 1. The smallest absolute Gasteiger partial charge is 0.249 e. The van der Waals surface area contributed by atoms with Gasteiger partial charge in [-0.25, -0.2) is 0 Å². The van der Waals surface area contributed by atoms with E-state index in [2.05, 4.69) is 31.0 Å². The van der Waals surface area contributed by atoms with Crippen LogP contribution in [-0.4, -0.2) is 39.6 Å². The number of carbonyl (C=O) groups is 1. The average Bonchev–Trinajstić information content (AvgIpc) is 3.18. The average molecular weight is 489 g/mol. The van der Waals surface area contributed by atoms with Crippen molar-refractivity contribution in [3.63, 3.8) is 0 Å². The van der Waals surface area contributed by atoms with Crippen molar-refractivity contribution in [3.8, 4) is 17.2 Å². The molecular formula is C22H19BrClN3O3. The number of aromatic nitrogens is 2. The zero-order valence-corrected chi connectivity index (χ0v) is 18.4. The van der Waals surface area contributed by atoms with Gasteiger partial charge in [-0.05, 0) is 30.3 Å². The first kappa shape index (κ1) is 19.7. The number of benzene rings is 2. The van der Waals surface area contributed by atoms with Crippen LogP contribution in [0, 0.1) is 0 Å². The van der Waals surface area contributed by atoms with E-state index >= 15 is 0 Å². The summed E-state index contributed by atoms with van der Waals surface area (Å²) in [6, 6.07) is 13.0. The Morgan fingerprint density at radius 2 is 1.90 bits per heavy atom. The highest BCUT2D eigenvalue weighted by atomic mass is 79.9. The molecule has 3 heterocycles. The lowest BCUT2D eigenvalue weighted by Crippen LogP contribution is -2.50. The first-order chi connectivity index (χ1) is 14.5. The lowest BCUT2D eigenvalue weighted by atomic mass is 9.82. The number of likely N-dealkylation sites (tertiary alicyclic amines) is 1. The van der Waals surface area contributed by atoms with E-state index in [0.717, 1.165) is 36.0 Å². The van der Waals surface area contributed by atoms with Crippen molar-refractivity contribution in [2.24, 2.45) is 0 Å². The van der Waals surface area contributed by atoms with Crippen molar-refractivity contribution in [2.75, 3.05) is 13.1 Å². The molecule has 3 aromatic rings. The number of ether oxygens (including phenoxy) is 1. The van der Waals surface area contributed by atoms with Crippen LogP contribution in [0.4, 0.5) is 0 Å². The van der Waals surface area contributed by atoms with Gasteiger partial charge < -0.3 is 9.15 Å². The quantitative estimate of drug-likeness (QED) is 0.508. The summed E-state index contributed by atoms with van der Waals surface area (Å²) in [5.74, 6) is 1.80. The van der Waals surface area contributed by atoms with E-state index in [1.807, 2.05) is 36.4 Å². The van der Waals surface area contributed by atoms with Gasteiger partial charge in [-0.1, -0.05) is 39.7 Å². The largest absolute Gasteiger partial charge is 0.486 e. The fraction of sp³-hybridized carbons (Fsp3) is 0.318. The Balaban J connectivity index is 1.25. The molecule has 0 N–H and O–H groups in total. The Bertz CT molecular complexity index is 1110. The summed E-state index contributed by atoms with van der Waals surface area (Å²) in [4.78, 5) is 14.9. The van der Waals surface area contributed by atoms with Gasteiger partial charge in [0, 0.05) is 30.4 Å². The molecule has 1 fully saturated rings. The molecule has 154 valence electrons. The number of hydrogen-bond donors (Lipinski definition) is 0. The van der Waals surface area contributed by atoms with Crippen molar-refractivity contribution in [1.29, 1.82) is 0 Å². The predicted octanol–water partition coefficient (Wildman–Crippen LogP) is 5.15. The fourth-order valence-corrected chi connectivity index (χ4v) is 4.67. The number of fused-ring (bicyclic) bond motifs is 1. The molecule has 0 amide bonds. The van der Waals surface area contributed by atoms with Crippen molar-refractivity contribution in [3.05, 3.63) is 63.4 Å². The Morgan fingerprint density at radius 1 is 1.10 bits per heavy atom. The van der Waals surface area contributed by atoms with E-state index in [1.54, 1.807) is 6.07 Å². The first-order valence-corrected chi connectivity index (χ1v) is 11.0. The monoisotopic (exact) mass is 487 g/mol. The molecule has 0 atom stereocenters. The minimum atomic E-state index is -0.432. The Morgan fingerprint density at radius 3 is 2.70 bits per heavy atom. The lowest BCUT2D eigenvalue weighted by Gasteiger charge is -2.43. The first-order valence-electron chi connectivity index (χ1n) is 9.83. The maximum atomic E-state index is 12.7. The molecule has 2 aliphatic rings. The summed E-state index contributed by atoms with van der Waals surface area (Å²) < 4.78 is 13.1. The van der Waals surface area contributed by atoms with Gasteiger partial charge in [0.2, 0.25) is 11.8 Å². The number of piperidine rings is 1. The highest BCUT2D eigenvalue weighted by Crippen LogP contribution is 2.40. The number of Topliss-reactive ketones (excluding diaryl/α,β-unsaturated/α-hetero) is 1. The third-order valence-corrected chi connectivity index (χ3v) is 6.57. The van der Waals surface area contributed by atoms with Gasteiger partial charge in [-0.15, -0.1) is 10.2 Å². The highest BCUT2D eigenvalue weighted by molar-refractivity contribution is 9.10. The molecule has 2 aromatic carbocycles. The molecule has 30 heavy (non-hydrogen) atoms. The van der Waals surface area contributed by atoms with Crippen LogP contribution in [-0.2, 0) is 6.54 Å². The molecule has 6 nitrogen and oxygen atoms in total. The number of rotatable bonds is 3. The molecule has 1 aromatic heterocycles. The SMILES string of the molecule is O=C1CC2(CCN(Cc3nnc(-c4ccccc4Cl)o3)CC2)Oc2cc(Br)ccc21. The van der Waals surface area contributed by atoms with Gasteiger partial charge in [0.05, 0.1) is 29.1 Å². The molecule has 0 bridgehead atoms. The highest BCUT2D eigenvalue weighted by Gasteiger charge is 2.43. The van der Waals surface area contributed by atoms with Crippen LogP contribution in [0.3, 0.4) is 0 Å². The minimum absolute atomic E-state index is 0.151. The standard InChI is InChI=1S/C22H19BrClN3O3/c23-14-5-6-16-18(28)12-22(30-19(16)11-14)7-9-27(10-8-22)13-20-25-26-21(29-20)15-3-1-2-4-17(15)24/h1-6,11H,7-10,12-13H2. The number of carbonyl (C=O) groups excluding carboxylic acids is 1. The van der Waals surface area contributed by atoms with E-state index in [4.69, 9.17) is 20.8 Å². The van der Waals surface area contributed by atoms with Crippen LogP contribution >= 0.6 is 27.5 Å². The van der Waals surface area contributed by atoms with Crippen LogP contribution in [0.25, 0.3) is 11.5 Å². The Kier molecular flexibility index (Phi) is 5.13. The topological polar surface area (TPSA) is 68.5 Å². The molecule has 8 heteroatoms. The second kappa shape index (κ2) is 7.80. The summed E-state index contributed by atoms with van der Waals surface area (Å²) in [5, 5.41) is 8.90. The van der Waals surface area contributed by atoms with E-state index in [1.165, 1.54) is 0 Å². The van der Waals surface area contributed by atoms with Crippen LogP contribution in [0.15, 0.2) is 51.4 Å². The van der Waals surface area contributed by atoms with Crippen LogP contribution in [0.1, 0.15) is 35.5 Å². The molecule has 1 saturated heterocycles. The van der Waals surface area contributed by atoms with Gasteiger partial charge in [0.1, 0.15) is 11.4 Å². The molecule has 5 rings (SSSR count). The summed E-state index contributed by atoms with van der Waals surface area (Å²) in [7, 11) is 0. The summed E-state index contributed by atoms with van der Waals surface area (Å²) in [6.45, 7) is 2.14. The normalized spacial score (nSPS) is 18.3. The molecule has 2 aliphatic heterocycles. The van der Waals surface area contributed by atoms with Crippen LogP contribution in [0.2, 0.25) is 5.02 Å². The molecule has 1 spiro atoms. The zero-order valence-electron chi connectivity index (χ0n) is 16.1. The minimum Gasteiger partial charge on any atom is -0.486 e. The third-order valence-electron chi connectivity index (χ3n) is 5.75.